The summed E-state index contributed by atoms with van der Waals surface area (Å²) < 4.78 is 5.89. The number of benzene rings is 3. The third-order valence-corrected chi connectivity index (χ3v) is 5.51. The van der Waals surface area contributed by atoms with Gasteiger partial charge in [-0.3, -0.25) is 9.89 Å². The molecule has 0 spiro atoms. The molecule has 2 aromatic heterocycles. The molecule has 0 radical (unpaired) electrons. The largest absolute Gasteiger partial charge is 0.489 e. The zero-order valence-electron chi connectivity index (χ0n) is 18.0. The van der Waals surface area contributed by atoms with Crippen LogP contribution < -0.4 is 10.2 Å². The molecule has 0 atom stereocenters. The molecule has 168 valence electrons. The highest BCUT2D eigenvalue weighted by Gasteiger charge is 2.11. The summed E-state index contributed by atoms with van der Waals surface area (Å²) >= 11 is 5.93. The van der Waals surface area contributed by atoms with E-state index in [-0.39, 0.29) is 5.91 Å². The molecule has 0 saturated heterocycles. The molecule has 0 aliphatic rings. The maximum absolute atomic E-state index is 12.5. The second-order valence-corrected chi connectivity index (χ2v) is 8.03. The van der Waals surface area contributed by atoms with Gasteiger partial charge in [0.25, 0.3) is 5.91 Å². The lowest BCUT2D eigenvalue weighted by Crippen LogP contribution is -2.17. The number of carbonyl (C=O) groups excluding carboxylic acids is 1. The van der Waals surface area contributed by atoms with Gasteiger partial charge in [-0.1, -0.05) is 54.1 Å². The predicted octanol–water partition coefficient (Wildman–Crippen LogP) is 5.55. The Hall–Kier alpha value is -4.36. The molecule has 7 nitrogen and oxygen atoms in total. The highest BCUT2D eigenvalue weighted by Crippen LogP contribution is 2.24. The van der Waals surface area contributed by atoms with Crippen molar-refractivity contribution in [1.29, 1.82) is 0 Å². The summed E-state index contributed by atoms with van der Waals surface area (Å²) in [7, 11) is 0. The average Bonchev–Trinajstić information content (AvgIpc) is 3.52. The van der Waals surface area contributed by atoms with Gasteiger partial charge in [0.05, 0.1) is 11.9 Å². The first kappa shape index (κ1) is 21.5. The van der Waals surface area contributed by atoms with Crippen LogP contribution in [0.4, 0.5) is 0 Å². The van der Waals surface area contributed by atoms with Crippen LogP contribution in [-0.2, 0) is 6.61 Å². The number of amides is 1. The number of aromatic amines is 2. The van der Waals surface area contributed by atoms with Crippen LogP contribution in [0.25, 0.3) is 22.2 Å². The van der Waals surface area contributed by atoms with Gasteiger partial charge < -0.3 is 9.72 Å². The molecule has 0 fully saturated rings. The van der Waals surface area contributed by atoms with Gasteiger partial charge in [0, 0.05) is 33.2 Å². The zero-order valence-corrected chi connectivity index (χ0v) is 18.7. The van der Waals surface area contributed by atoms with Crippen LogP contribution in [0.5, 0.6) is 5.75 Å². The number of nitrogens with one attached hydrogen (secondary N) is 3. The summed E-state index contributed by atoms with van der Waals surface area (Å²) in [4.78, 5) is 15.7. The van der Waals surface area contributed by atoms with Crippen LogP contribution in [-0.4, -0.2) is 27.3 Å². The summed E-state index contributed by atoms with van der Waals surface area (Å²) in [5.74, 6) is 0.315. The minimum atomic E-state index is -0.384. The van der Waals surface area contributed by atoms with Gasteiger partial charge in [0.2, 0.25) is 0 Å². The van der Waals surface area contributed by atoms with E-state index in [0.717, 1.165) is 27.6 Å². The highest BCUT2D eigenvalue weighted by atomic mass is 35.5. The molecule has 3 aromatic carbocycles. The minimum Gasteiger partial charge on any atom is -0.489 e. The molecule has 0 unspecified atom stereocenters. The van der Waals surface area contributed by atoms with Gasteiger partial charge in [-0.2, -0.15) is 10.2 Å². The second kappa shape index (κ2) is 9.64. The molecule has 5 rings (SSSR count). The molecular formula is C26H20ClN5O2. The number of para-hydroxylation sites is 1. The first-order valence-electron chi connectivity index (χ1n) is 10.6. The number of rotatable bonds is 7. The first-order chi connectivity index (χ1) is 16.7. The van der Waals surface area contributed by atoms with Crippen LogP contribution in [0.3, 0.4) is 0 Å². The van der Waals surface area contributed by atoms with E-state index >= 15 is 0 Å². The lowest BCUT2D eigenvalue weighted by atomic mass is 10.1. The van der Waals surface area contributed by atoms with Gasteiger partial charge in [-0.05, 0) is 42.0 Å². The Kier molecular flexibility index (Phi) is 6.09. The van der Waals surface area contributed by atoms with E-state index in [0.29, 0.717) is 28.8 Å². The SMILES string of the molecule is O=C(N/N=C\c1c[nH]c2ccccc12)c1cc(-c2cccc(OCc3ccc(Cl)cc3)c2)n[nH]1. The molecule has 2 heterocycles. The number of hydrazone groups is 1. The fraction of sp³-hybridized carbons (Fsp3) is 0.0385. The number of H-pyrrole nitrogens is 2. The smallest absolute Gasteiger partial charge is 0.289 e. The Morgan fingerprint density at radius 3 is 2.79 bits per heavy atom. The van der Waals surface area contributed by atoms with Gasteiger partial charge in [0.15, 0.2) is 0 Å². The molecule has 34 heavy (non-hydrogen) atoms. The molecule has 8 heteroatoms. The Morgan fingerprint density at radius 2 is 1.91 bits per heavy atom. The molecule has 3 N–H and O–H groups in total. The van der Waals surface area contributed by atoms with Crippen molar-refractivity contribution in [2.75, 3.05) is 0 Å². The average molecular weight is 470 g/mol. The number of nitrogens with zero attached hydrogens (tertiary/aromatic N) is 2. The third kappa shape index (κ3) is 4.84. The topological polar surface area (TPSA) is 95.2 Å². The van der Waals surface area contributed by atoms with E-state index in [4.69, 9.17) is 16.3 Å². The lowest BCUT2D eigenvalue weighted by Gasteiger charge is -2.07. The van der Waals surface area contributed by atoms with Crippen LogP contribution in [0.2, 0.25) is 5.02 Å². The Morgan fingerprint density at radius 1 is 1.06 bits per heavy atom. The van der Waals surface area contributed by atoms with E-state index in [9.17, 15) is 4.79 Å². The molecule has 5 aromatic rings. The maximum Gasteiger partial charge on any atom is 0.289 e. The fourth-order valence-electron chi connectivity index (χ4n) is 3.50. The molecule has 0 bridgehead atoms. The van der Waals surface area contributed by atoms with Gasteiger partial charge in [0.1, 0.15) is 18.1 Å². The van der Waals surface area contributed by atoms with Crippen molar-refractivity contribution in [2.24, 2.45) is 5.10 Å². The third-order valence-electron chi connectivity index (χ3n) is 5.26. The van der Waals surface area contributed by atoms with E-state index in [2.05, 4.69) is 25.7 Å². The highest BCUT2D eigenvalue weighted by molar-refractivity contribution is 6.30. The van der Waals surface area contributed by atoms with Crippen molar-refractivity contribution >= 4 is 34.6 Å². The number of ether oxygens (including phenoxy) is 1. The number of hydrogen-bond acceptors (Lipinski definition) is 4. The number of halogens is 1. The van der Waals surface area contributed by atoms with Gasteiger partial charge >= 0.3 is 0 Å². The number of fused-ring (bicyclic) bond motifs is 1. The van der Waals surface area contributed by atoms with E-state index < -0.39 is 0 Å². The lowest BCUT2D eigenvalue weighted by molar-refractivity contribution is 0.0950. The van der Waals surface area contributed by atoms with Crippen LogP contribution in [0.15, 0.2) is 90.2 Å². The van der Waals surface area contributed by atoms with Gasteiger partial charge in [-0.25, -0.2) is 5.43 Å². The molecular weight excluding hydrogens is 450 g/mol. The maximum atomic E-state index is 12.5. The first-order valence-corrected chi connectivity index (χ1v) is 11.0. The molecule has 0 saturated carbocycles. The summed E-state index contributed by atoms with van der Waals surface area (Å²) in [6.45, 7) is 0.420. The summed E-state index contributed by atoms with van der Waals surface area (Å²) in [5.41, 5.74) is 7.20. The standard InChI is InChI=1S/C26H20ClN5O2/c27-20-10-8-17(9-11-20)16-34-21-5-3-4-18(12-21)24-13-25(31-30-24)26(33)32-29-15-19-14-28-23-7-2-1-6-22(19)23/h1-15,28H,16H2,(H,30,31)(H,32,33)/b29-15-. The van der Waals surface area contributed by atoms with E-state index in [1.54, 1.807) is 12.3 Å². The summed E-state index contributed by atoms with van der Waals surface area (Å²) in [6, 6.07) is 24.6. The Balaban J connectivity index is 1.23. The minimum absolute atomic E-state index is 0.304. The summed E-state index contributed by atoms with van der Waals surface area (Å²) in [6.07, 6.45) is 3.45. The molecule has 1 amide bonds. The van der Waals surface area contributed by atoms with Crippen molar-refractivity contribution in [1.82, 2.24) is 20.6 Å². The predicted molar refractivity (Wildman–Crippen MR) is 133 cm³/mol. The normalized spacial score (nSPS) is 11.2. The second-order valence-electron chi connectivity index (χ2n) is 7.60. The molecule has 0 aliphatic carbocycles. The number of aromatic nitrogens is 3. The quantitative estimate of drug-likeness (QED) is 0.215. The van der Waals surface area contributed by atoms with Crippen molar-refractivity contribution in [3.63, 3.8) is 0 Å². The van der Waals surface area contributed by atoms with Crippen molar-refractivity contribution in [2.45, 2.75) is 6.61 Å². The van der Waals surface area contributed by atoms with Gasteiger partial charge in [-0.15, -0.1) is 0 Å². The monoisotopic (exact) mass is 469 g/mol. The van der Waals surface area contributed by atoms with E-state index in [1.165, 1.54) is 0 Å². The Bertz CT molecular complexity index is 1470. The number of carbonyl (C=O) groups is 1. The van der Waals surface area contributed by atoms with Crippen molar-refractivity contribution in [3.8, 4) is 17.0 Å². The van der Waals surface area contributed by atoms with Crippen molar-refractivity contribution < 1.29 is 9.53 Å². The zero-order chi connectivity index (χ0) is 23.3. The van der Waals surface area contributed by atoms with Crippen molar-refractivity contribution in [3.05, 3.63) is 107 Å². The Labute approximate surface area is 200 Å². The van der Waals surface area contributed by atoms with Crippen LogP contribution >= 0.6 is 11.6 Å². The van der Waals surface area contributed by atoms with Crippen LogP contribution in [0.1, 0.15) is 21.6 Å². The van der Waals surface area contributed by atoms with Crippen LogP contribution in [0, 0.1) is 0 Å². The molecule has 0 aliphatic heterocycles. The number of hydrogen-bond donors (Lipinski definition) is 3. The van der Waals surface area contributed by atoms with E-state index in [1.807, 2.05) is 79.0 Å². The summed E-state index contributed by atoms with van der Waals surface area (Å²) in [5, 5.41) is 12.8. The fourth-order valence-corrected chi connectivity index (χ4v) is 3.63.